The highest BCUT2D eigenvalue weighted by atomic mass is 35.5. The number of carbonyl (C=O) groups excluding carboxylic acids is 1. The van der Waals surface area contributed by atoms with E-state index < -0.39 is 11.8 Å². The second-order valence-electron chi connectivity index (χ2n) is 4.24. The molecule has 2 aromatic rings. The van der Waals surface area contributed by atoms with Crippen molar-refractivity contribution in [2.45, 2.75) is 0 Å². The lowest BCUT2D eigenvalue weighted by Gasteiger charge is -2.07. The van der Waals surface area contributed by atoms with Crippen LogP contribution < -0.4 is 4.74 Å². The van der Waals surface area contributed by atoms with Crippen LogP contribution in [0.4, 0.5) is 0 Å². The Morgan fingerprint density at radius 2 is 1.55 bits per heavy atom. The number of ketones is 1. The minimum Gasteiger partial charge on any atom is -0.478 e. The molecule has 0 amide bonds. The van der Waals surface area contributed by atoms with E-state index >= 15 is 0 Å². The monoisotopic (exact) mass is 336 g/mol. The number of aliphatic carboxylic acids is 1. The summed E-state index contributed by atoms with van der Waals surface area (Å²) in [6.07, 6.45) is 1.79. The predicted octanol–water partition coefficient (Wildman–Crippen LogP) is 4.61. The summed E-state index contributed by atoms with van der Waals surface area (Å²) in [6.45, 7) is 0. The maximum absolute atomic E-state index is 11.7. The van der Waals surface area contributed by atoms with E-state index in [9.17, 15) is 9.59 Å². The third-order valence-corrected chi connectivity index (χ3v) is 3.38. The Kier molecular flexibility index (Phi) is 5.20. The second-order valence-corrected chi connectivity index (χ2v) is 5.05. The third kappa shape index (κ3) is 4.35. The van der Waals surface area contributed by atoms with Crippen LogP contribution in [-0.4, -0.2) is 16.9 Å². The van der Waals surface area contributed by atoms with Crippen LogP contribution in [0.2, 0.25) is 10.0 Å². The van der Waals surface area contributed by atoms with Crippen molar-refractivity contribution in [1.29, 1.82) is 0 Å². The van der Waals surface area contributed by atoms with Gasteiger partial charge in [-0.05, 0) is 42.5 Å². The molecule has 2 rings (SSSR count). The number of benzene rings is 2. The number of halogens is 2. The van der Waals surface area contributed by atoms with Gasteiger partial charge in [0.05, 0.1) is 10.0 Å². The van der Waals surface area contributed by atoms with Gasteiger partial charge < -0.3 is 9.84 Å². The van der Waals surface area contributed by atoms with Crippen LogP contribution >= 0.6 is 23.2 Å². The molecule has 1 N–H and O–H groups in total. The SMILES string of the molecule is O=C(O)C=CC(=O)c1ccc(Oc2ccc(Cl)c(Cl)c2)cc1. The van der Waals surface area contributed by atoms with Crippen molar-refractivity contribution in [3.05, 3.63) is 70.2 Å². The minimum atomic E-state index is -1.17. The maximum atomic E-state index is 11.7. The van der Waals surface area contributed by atoms with Gasteiger partial charge >= 0.3 is 5.97 Å². The van der Waals surface area contributed by atoms with Crippen LogP contribution in [0.15, 0.2) is 54.6 Å². The van der Waals surface area contributed by atoms with Gasteiger partial charge in [0, 0.05) is 17.7 Å². The van der Waals surface area contributed by atoms with Crippen LogP contribution in [0, 0.1) is 0 Å². The first-order chi connectivity index (χ1) is 10.5. The Morgan fingerprint density at radius 1 is 0.909 bits per heavy atom. The molecule has 0 fully saturated rings. The van der Waals surface area contributed by atoms with Crippen LogP contribution in [0.1, 0.15) is 10.4 Å². The van der Waals surface area contributed by atoms with E-state index in [-0.39, 0.29) is 0 Å². The molecule has 0 aliphatic heterocycles. The molecule has 0 saturated carbocycles. The third-order valence-electron chi connectivity index (χ3n) is 2.64. The van der Waals surface area contributed by atoms with E-state index in [4.69, 9.17) is 33.0 Å². The number of carboxylic acid groups (broad SMARTS) is 1. The van der Waals surface area contributed by atoms with Crippen molar-refractivity contribution in [3.8, 4) is 11.5 Å². The summed E-state index contributed by atoms with van der Waals surface area (Å²) in [5, 5.41) is 9.29. The van der Waals surface area contributed by atoms with Crippen molar-refractivity contribution < 1.29 is 19.4 Å². The summed E-state index contributed by atoms with van der Waals surface area (Å²) in [5.41, 5.74) is 0.360. The minimum absolute atomic E-state index is 0.360. The highest BCUT2D eigenvalue weighted by Gasteiger charge is 2.05. The average Bonchev–Trinajstić information content (AvgIpc) is 2.49. The number of hydrogen-bond donors (Lipinski definition) is 1. The molecule has 0 bridgehead atoms. The number of rotatable bonds is 5. The van der Waals surface area contributed by atoms with Crippen LogP contribution in [0.5, 0.6) is 11.5 Å². The lowest BCUT2D eigenvalue weighted by atomic mass is 10.1. The summed E-state index contributed by atoms with van der Waals surface area (Å²) in [6, 6.07) is 11.2. The number of ether oxygens (including phenoxy) is 1. The molecular formula is C16H10Cl2O4. The van der Waals surface area contributed by atoms with Gasteiger partial charge in [0.2, 0.25) is 0 Å². The van der Waals surface area contributed by atoms with Gasteiger partial charge in [-0.3, -0.25) is 4.79 Å². The molecule has 0 atom stereocenters. The van der Waals surface area contributed by atoms with Gasteiger partial charge in [-0.25, -0.2) is 4.79 Å². The molecule has 0 saturated heterocycles. The van der Waals surface area contributed by atoms with Gasteiger partial charge in [0.1, 0.15) is 11.5 Å². The average molecular weight is 337 g/mol. The lowest BCUT2D eigenvalue weighted by Crippen LogP contribution is -1.96. The van der Waals surface area contributed by atoms with Crippen molar-refractivity contribution in [2.24, 2.45) is 0 Å². The van der Waals surface area contributed by atoms with Crippen molar-refractivity contribution in [2.75, 3.05) is 0 Å². The fraction of sp³-hybridized carbons (Fsp3) is 0. The smallest absolute Gasteiger partial charge is 0.328 e. The van der Waals surface area contributed by atoms with Gasteiger partial charge in [0.15, 0.2) is 5.78 Å². The topological polar surface area (TPSA) is 63.6 Å². The highest BCUT2D eigenvalue weighted by Crippen LogP contribution is 2.29. The molecular weight excluding hydrogens is 327 g/mol. The van der Waals surface area contributed by atoms with Crippen LogP contribution in [-0.2, 0) is 4.79 Å². The van der Waals surface area contributed by atoms with Gasteiger partial charge in [-0.1, -0.05) is 23.2 Å². The largest absolute Gasteiger partial charge is 0.478 e. The number of hydrogen-bond acceptors (Lipinski definition) is 3. The molecule has 0 heterocycles. The Bertz CT molecular complexity index is 736. The first kappa shape index (κ1) is 16.1. The van der Waals surface area contributed by atoms with Gasteiger partial charge in [-0.2, -0.15) is 0 Å². The predicted molar refractivity (Wildman–Crippen MR) is 84.1 cm³/mol. The van der Waals surface area contributed by atoms with Crippen LogP contribution in [0.3, 0.4) is 0 Å². The molecule has 0 spiro atoms. The molecule has 4 nitrogen and oxygen atoms in total. The second kappa shape index (κ2) is 7.11. The summed E-state index contributed by atoms with van der Waals surface area (Å²) < 4.78 is 5.58. The molecule has 0 radical (unpaired) electrons. The number of allylic oxidation sites excluding steroid dienone is 1. The van der Waals surface area contributed by atoms with Crippen molar-refractivity contribution >= 4 is 35.0 Å². The normalized spacial score (nSPS) is 10.6. The summed E-state index contributed by atoms with van der Waals surface area (Å²) in [7, 11) is 0. The Hall–Kier alpha value is -2.30. The zero-order chi connectivity index (χ0) is 16.1. The van der Waals surface area contributed by atoms with E-state index in [2.05, 4.69) is 0 Å². The Labute approximate surface area is 136 Å². The highest BCUT2D eigenvalue weighted by molar-refractivity contribution is 6.42. The first-order valence-electron chi connectivity index (χ1n) is 6.14. The molecule has 2 aromatic carbocycles. The van der Waals surface area contributed by atoms with E-state index in [0.717, 1.165) is 12.2 Å². The molecule has 22 heavy (non-hydrogen) atoms. The number of carboxylic acids is 1. The Morgan fingerprint density at radius 3 is 2.14 bits per heavy atom. The molecule has 0 aromatic heterocycles. The zero-order valence-corrected chi connectivity index (χ0v) is 12.6. The standard InChI is InChI=1S/C16H10Cl2O4/c17-13-6-5-12(9-14(13)18)22-11-3-1-10(2-4-11)15(19)7-8-16(20)21/h1-9H,(H,20,21). The fourth-order valence-corrected chi connectivity index (χ4v) is 1.89. The molecule has 0 aliphatic carbocycles. The quantitative estimate of drug-likeness (QED) is 0.639. The van der Waals surface area contributed by atoms with Crippen LogP contribution in [0.25, 0.3) is 0 Å². The lowest BCUT2D eigenvalue weighted by molar-refractivity contribution is -0.131. The van der Waals surface area contributed by atoms with Gasteiger partial charge in [-0.15, -0.1) is 0 Å². The fourth-order valence-electron chi connectivity index (χ4n) is 1.61. The van der Waals surface area contributed by atoms with E-state index in [1.165, 1.54) is 0 Å². The summed E-state index contributed by atoms with van der Waals surface area (Å²) in [4.78, 5) is 22.0. The molecule has 0 unspecified atom stereocenters. The summed E-state index contributed by atoms with van der Waals surface area (Å²) >= 11 is 11.7. The maximum Gasteiger partial charge on any atom is 0.328 e. The zero-order valence-electron chi connectivity index (χ0n) is 11.1. The first-order valence-corrected chi connectivity index (χ1v) is 6.89. The van der Waals surface area contributed by atoms with E-state index in [1.807, 2.05) is 0 Å². The molecule has 0 aliphatic rings. The van der Waals surface area contributed by atoms with E-state index in [0.29, 0.717) is 27.1 Å². The molecule has 112 valence electrons. The Balaban J connectivity index is 2.10. The van der Waals surface area contributed by atoms with E-state index in [1.54, 1.807) is 42.5 Å². The molecule has 6 heteroatoms. The van der Waals surface area contributed by atoms with Crippen molar-refractivity contribution in [1.82, 2.24) is 0 Å². The van der Waals surface area contributed by atoms with Gasteiger partial charge in [0.25, 0.3) is 0 Å². The number of carbonyl (C=O) groups is 2. The van der Waals surface area contributed by atoms with Crippen molar-refractivity contribution in [3.63, 3.8) is 0 Å². The summed E-state index contributed by atoms with van der Waals surface area (Å²) in [5.74, 6) is -0.548.